The maximum absolute atomic E-state index is 13.9. The third-order valence-electron chi connectivity index (χ3n) is 3.46. The number of fused-ring (bicyclic) bond motifs is 1. The molecule has 2 aromatic carbocycles. The van der Waals surface area contributed by atoms with Crippen molar-refractivity contribution in [3.63, 3.8) is 0 Å². The Morgan fingerprint density at radius 2 is 2.00 bits per heavy atom. The van der Waals surface area contributed by atoms with Crippen molar-refractivity contribution in [1.82, 2.24) is 5.32 Å². The van der Waals surface area contributed by atoms with Crippen LogP contribution in [0.3, 0.4) is 0 Å². The summed E-state index contributed by atoms with van der Waals surface area (Å²) >= 11 is 0. The molecule has 2 aromatic rings. The first kappa shape index (κ1) is 13.1. The smallest absolute Gasteiger partial charge is 0.131 e. The fourth-order valence-corrected chi connectivity index (χ4v) is 2.62. The van der Waals surface area contributed by atoms with Gasteiger partial charge < -0.3 is 10.1 Å². The third-order valence-corrected chi connectivity index (χ3v) is 3.46. The fourth-order valence-electron chi connectivity index (χ4n) is 2.62. The quantitative estimate of drug-likeness (QED) is 0.929. The first-order chi connectivity index (χ1) is 9.69. The lowest BCUT2D eigenvalue weighted by molar-refractivity contribution is 0.232. The summed E-state index contributed by atoms with van der Waals surface area (Å²) in [7, 11) is 1.84. The molecule has 0 amide bonds. The zero-order valence-electron chi connectivity index (χ0n) is 11.1. The fraction of sp³-hybridized carbons (Fsp3) is 0.250. The van der Waals surface area contributed by atoms with Gasteiger partial charge in [0.1, 0.15) is 23.5 Å². The predicted octanol–water partition coefficient (Wildman–Crippen LogP) is 3.15. The summed E-state index contributed by atoms with van der Waals surface area (Å²) in [6.45, 7) is 0.674. The van der Waals surface area contributed by atoms with Crippen LogP contribution in [0.4, 0.5) is 8.78 Å². The normalized spacial score (nSPS) is 16.9. The molecule has 1 N–H and O–H groups in total. The van der Waals surface area contributed by atoms with Gasteiger partial charge in [0.25, 0.3) is 0 Å². The van der Waals surface area contributed by atoms with Gasteiger partial charge in [0.15, 0.2) is 0 Å². The van der Waals surface area contributed by atoms with Crippen LogP contribution in [0.15, 0.2) is 36.4 Å². The molecule has 0 saturated heterocycles. The van der Waals surface area contributed by atoms with Crippen LogP contribution in [-0.4, -0.2) is 19.7 Å². The average Bonchev–Trinajstić information content (AvgIpc) is 2.81. The highest BCUT2D eigenvalue weighted by atomic mass is 19.1. The molecule has 1 atom stereocenters. The lowest BCUT2D eigenvalue weighted by atomic mass is 10.00. The maximum Gasteiger partial charge on any atom is 0.131 e. The monoisotopic (exact) mass is 275 g/mol. The second-order valence-corrected chi connectivity index (χ2v) is 4.92. The Balaban J connectivity index is 2.08. The highest BCUT2D eigenvalue weighted by Gasteiger charge is 2.27. The second-order valence-electron chi connectivity index (χ2n) is 4.92. The summed E-state index contributed by atoms with van der Waals surface area (Å²) in [4.78, 5) is 0. The molecule has 0 aromatic heterocycles. The van der Waals surface area contributed by atoms with E-state index in [2.05, 4.69) is 5.32 Å². The van der Waals surface area contributed by atoms with Crippen molar-refractivity contribution in [2.75, 3.05) is 13.6 Å². The van der Waals surface area contributed by atoms with E-state index in [1.165, 1.54) is 18.2 Å². The Morgan fingerprint density at radius 1 is 1.20 bits per heavy atom. The highest BCUT2D eigenvalue weighted by Crippen LogP contribution is 2.40. The van der Waals surface area contributed by atoms with Gasteiger partial charge in [-0.15, -0.1) is 0 Å². The van der Waals surface area contributed by atoms with Crippen LogP contribution in [0.25, 0.3) is 11.1 Å². The van der Waals surface area contributed by atoms with Crippen LogP contribution in [0, 0.1) is 11.6 Å². The Hall–Kier alpha value is -1.94. The molecule has 4 heteroatoms. The standard InChI is InChI=1S/C16H15F2NO/c1-19-9-12-7-10-6-11(17)8-14(16(10)20-12)13-4-2-3-5-15(13)18/h2-6,8,12,19H,7,9H2,1H3. The summed E-state index contributed by atoms with van der Waals surface area (Å²) in [6.07, 6.45) is 0.595. The molecule has 104 valence electrons. The van der Waals surface area contributed by atoms with E-state index in [0.29, 0.717) is 29.8 Å². The van der Waals surface area contributed by atoms with Gasteiger partial charge in [0.05, 0.1) is 0 Å². The molecule has 1 unspecified atom stereocenters. The molecule has 0 spiro atoms. The van der Waals surface area contributed by atoms with Gasteiger partial charge in [-0.2, -0.15) is 0 Å². The number of benzene rings is 2. The van der Waals surface area contributed by atoms with Crippen LogP contribution in [0.1, 0.15) is 5.56 Å². The Morgan fingerprint density at radius 3 is 2.75 bits per heavy atom. The van der Waals surface area contributed by atoms with E-state index in [9.17, 15) is 8.78 Å². The molecule has 0 radical (unpaired) electrons. The summed E-state index contributed by atoms with van der Waals surface area (Å²) in [5, 5.41) is 3.04. The summed E-state index contributed by atoms with van der Waals surface area (Å²) in [6, 6.07) is 9.15. The lowest BCUT2D eigenvalue weighted by Gasteiger charge is -2.12. The van der Waals surface area contributed by atoms with Crippen molar-refractivity contribution >= 4 is 0 Å². The van der Waals surface area contributed by atoms with Crippen LogP contribution >= 0.6 is 0 Å². The molecule has 1 aliphatic heterocycles. The minimum absolute atomic E-state index is 0.0395. The minimum Gasteiger partial charge on any atom is -0.488 e. The summed E-state index contributed by atoms with van der Waals surface area (Å²) in [5.74, 6) is -0.145. The number of hydrogen-bond acceptors (Lipinski definition) is 2. The highest BCUT2D eigenvalue weighted by molar-refractivity contribution is 5.73. The average molecular weight is 275 g/mol. The number of hydrogen-bond donors (Lipinski definition) is 1. The number of halogens is 2. The summed E-state index contributed by atoms with van der Waals surface area (Å²) < 4.78 is 33.5. The van der Waals surface area contributed by atoms with Gasteiger partial charge in [-0.1, -0.05) is 18.2 Å². The van der Waals surface area contributed by atoms with E-state index in [0.717, 1.165) is 5.56 Å². The van der Waals surface area contributed by atoms with Gasteiger partial charge in [0.2, 0.25) is 0 Å². The van der Waals surface area contributed by atoms with Gasteiger partial charge in [0, 0.05) is 29.7 Å². The molecular weight excluding hydrogens is 260 g/mol. The van der Waals surface area contributed by atoms with E-state index in [1.807, 2.05) is 7.05 Å². The van der Waals surface area contributed by atoms with Gasteiger partial charge in [-0.05, 0) is 25.2 Å². The minimum atomic E-state index is -0.374. The van der Waals surface area contributed by atoms with Crippen molar-refractivity contribution in [3.8, 4) is 16.9 Å². The Kier molecular flexibility index (Phi) is 3.40. The zero-order valence-corrected chi connectivity index (χ0v) is 11.1. The number of rotatable bonds is 3. The van der Waals surface area contributed by atoms with Crippen molar-refractivity contribution < 1.29 is 13.5 Å². The van der Waals surface area contributed by atoms with Crippen LogP contribution < -0.4 is 10.1 Å². The van der Waals surface area contributed by atoms with Crippen molar-refractivity contribution in [2.45, 2.75) is 12.5 Å². The van der Waals surface area contributed by atoms with Crippen LogP contribution in [0.5, 0.6) is 5.75 Å². The lowest BCUT2D eigenvalue weighted by Crippen LogP contribution is -2.27. The molecule has 0 saturated carbocycles. The van der Waals surface area contributed by atoms with E-state index in [4.69, 9.17) is 4.74 Å². The Bertz CT molecular complexity index is 642. The third kappa shape index (κ3) is 2.27. The topological polar surface area (TPSA) is 21.3 Å². The van der Waals surface area contributed by atoms with E-state index in [1.54, 1.807) is 18.2 Å². The largest absolute Gasteiger partial charge is 0.488 e. The number of ether oxygens (including phenoxy) is 1. The first-order valence-electron chi connectivity index (χ1n) is 6.57. The van der Waals surface area contributed by atoms with E-state index in [-0.39, 0.29) is 17.7 Å². The molecule has 1 aliphatic rings. The van der Waals surface area contributed by atoms with Crippen LogP contribution in [-0.2, 0) is 6.42 Å². The molecular formula is C16H15F2NO. The van der Waals surface area contributed by atoms with Gasteiger partial charge >= 0.3 is 0 Å². The molecule has 0 bridgehead atoms. The molecule has 0 aliphatic carbocycles. The first-order valence-corrected chi connectivity index (χ1v) is 6.57. The van der Waals surface area contributed by atoms with Crippen molar-refractivity contribution in [2.24, 2.45) is 0 Å². The van der Waals surface area contributed by atoms with Gasteiger partial charge in [-0.3, -0.25) is 0 Å². The number of nitrogens with one attached hydrogen (secondary N) is 1. The SMILES string of the molecule is CNCC1Cc2cc(F)cc(-c3ccccc3F)c2O1. The molecule has 2 nitrogen and oxygen atoms in total. The molecule has 0 fully saturated rings. The Labute approximate surface area is 116 Å². The maximum atomic E-state index is 13.9. The van der Waals surface area contributed by atoms with Crippen molar-refractivity contribution in [1.29, 1.82) is 0 Å². The predicted molar refractivity (Wildman–Crippen MR) is 73.8 cm³/mol. The van der Waals surface area contributed by atoms with Crippen LogP contribution in [0.2, 0.25) is 0 Å². The van der Waals surface area contributed by atoms with Crippen molar-refractivity contribution in [3.05, 3.63) is 53.6 Å². The van der Waals surface area contributed by atoms with E-state index >= 15 is 0 Å². The zero-order chi connectivity index (χ0) is 14.1. The molecule has 3 rings (SSSR count). The van der Waals surface area contributed by atoms with E-state index < -0.39 is 0 Å². The second kappa shape index (κ2) is 5.21. The molecule has 1 heterocycles. The van der Waals surface area contributed by atoms with Gasteiger partial charge in [-0.25, -0.2) is 8.78 Å². The molecule has 20 heavy (non-hydrogen) atoms. The summed E-state index contributed by atoms with van der Waals surface area (Å²) in [5.41, 5.74) is 1.65. The number of likely N-dealkylation sites (N-methyl/N-ethyl adjacent to an activating group) is 1.